The number of hydrogen-bond acceptors (Lipinski definition) is 5. The Morgan fingerprint density at radius 3 is 2.75 bits per heavy atom. The number of aromatic nitrogens is 1. The van der Waals surface area contributed by atoms with E-state index in [1.807, 2.05) is 30.3 Å². The maximum absolute atomic E-state index is 10.9. The van der Waals surface area contributed by atoms with Crippen molar-refractivity contribution in [1.29, 1.82) is 0 Å². The van der Waals surface area contributed by atoms with Gasteiger partial charge in [-0.2, -0.15) is 0 Å². The Labute approximate surface area is 156 Å². The summed E-state index contributed by atoms with van der Waals surface area (Å²) < 4.78 is 1.04. The number of carbonyl (C=O) groups is 1. The van der Waals surface area contributed by atoms with Crippen molar-refractivity contribution in [2.75, 3.05) is 5.75 Å². The molecule has 1 heterocycles. The smallest absolute Gasteiger partial charge is 0.131 e. The SMILES string of the molecule is O=C([O-])CS/C(=C\c1ccc(Cl)cc1Cl)c1nc2ccccc2s1. The number of fused-ring (bicyclic) bond motifs is 1. The summed E-state index contributed by atoms with van der Waals surface area (Å²) in [7, 11) is 0. The summed E-state index contributed by atoms with van der Waals surface area (Å²) in [5.41, 5.74) is 1.63. The maximum atomic E-state index is 10.9. The number of carboxylic acid groups (broad SMARTS) is 1. The van der Waals surface area contributed by atoms with Crippen molar-refractivity contribution in [2.45, 2.75) is 0 Å². The highest BCUT2D eigenvalue weighted by molar-refractivity contribution is 8.09. The van der Waals surface area contributed by atoms with Gasteiger partial charge in [-0.3, -0.25) is 0 Å². The molecule has 0 atom stereocenters. The fourth-order valence-corrected chi connectivity index (χ4v) is 4.33. The minimum atomic E-state index is -1.13. The van der Waals surface area contributed by atoms with E-state index in [-0.39, 0.29) is 5.75 Å². The Kier molecular flexibility index (Phi) is 5.46. The fraction of sp³-hybridized carbons (Fsp3) is 0.0588. The minimum Gasteiger partial charge on any atom is -0.549 e. The highest BCUT2D eigenvalue weighted by Crippen LogP contribution is 2.36. The van der Waals surface area contributed by atoms with Gasteiger partial charge >= 0.3 is 0 Å². The van der Waals surface area contributed by atoms with Gasteiger partial charge in [0.05, 0.1) is 16.2 Å². The molecule has 1 aromatic heterocycles. The van der Waals surface area contributed by atoms with Gasteiger partial charge in [0.25, 0.3) is 0 Å². The Bertz CT molecular complexity index is 904. The van der Waals surface area contributed by atoms with Crippen LogP contribution in [-0.4, -0.2) is 16.7 Å². The van der Waals surface area contributed by atoms with E-state index in [0.29, 0.717) is 10.0 Å². The van der Waals surface area contributed by atoms with E-state index in [0.717, 1.165) is 37.5 Å². The van der Waals surface area contributed by atoms with E-state index in [2.05, 4.69) is 4.98 Å². The second-order valence-electron chi connectivity index (χ2n) is 4.82. The molecule has 122 valence electrons. The molecule has 2 aromatic carbocycles. The van der Waals surface area contributed by atoms with Crippen LogP contribution in [-0.2, 0) is 4.79 Å². The predicted molar refractivity (Wildman–Crippen MR) is 101 cm³/mol. The first-order chi connectivity index (χ1) is 11.5. The summed E-state index contributed by atoms with van der Waals surface area (Å²) in [6, 6.07) is 12.9. The molecule has 0 bridgehead atoms. The first-order valence-electron chi connectivity index (χ1n) is 6.88. The Balaban J connectivity index is 2.04. The van der Waals surface area contributed by atoms with Crippen molar-refractivity contribution >= 4 is 73.5 Å². The van der Waals surface area contributed by atoms with Crippen molar-refractivity contribution in [1.82, 2.24) is 4.98 Å². The topological polar surface area (TPSA) is 53.0 Å². The van der Waals surface area contributed by atoms with E-state index >= 15 is 0 Å². The molecule has 0 N–H and O–H groups in total. The molecule has 0 amide bonds. The van der Waals surface area contributed by atoms with Crippen LogP contribution in [0.25, 0.3) is 21.2 Å². The van der Waals surface area contributed by atoms with E-state index in [1.165, 1.54) is 11.3 Å². The van der Waals surface area contributed by atoms with Gasteiger partial charge in [0.2, 0.25) is 0 Å². The average Bonchev–Trinajstić information content (AvgIpc) is 2.97. The zero-order valence-electron chi connectivity index (χ0n) is 12.2. The van der Waals surface area contributed by atoms with E-state index in [9.17, 15) is 9.90 Å². The van der Waals surface area contributed by atoms with Crippen molar-refractivity contribution in [3.63, 3.8) is 0 Å². The highest BCUT2D eigenvalue weighted by Gasteiger charge is 2.11. The quantitative estimate of drug-likeness (QED) is 0.635. The van der Waals surface area contributed by atoms with Crippen LogP contribution in [0.5, 0.6) is 0 Å². The molecule has 3 rings (SSSR count). The second kappa shape index (κ2) is 7.57. The molecular weight excluding hydrogens is 385 g/mol. The molecule has 0 spiro atoms. The summed E-state index contributed by atoms with van der Waals surface area (Å²) in [6.07, 6.45) is 1.82. The normalized spacial score (nSPS) is 11.8. The lowest BCUT2D eigenvalue weighted by Gasteiger charge is -2.06. The molecule has 0 unspecified atom stereocenters. The highest BCUT2D eigenvalue weighted by atomic mass is 35.5. The summed E-state index contributed by atoms with van der Waals surface area (Å²) in [4.78, 5) is 16.2. The molecule has 3 aromatic rings. The molecule has 0 saturated heterocycles. The third-order valence-electron chi connectivity index (χ3n) is 3.10. The largest absolute Gasteiger partial charge is 0.549 e. The summed E-state index contributed by atoms with van der Waals surface area (Å²) in [5, 5.41) is 12.6. The van der Waals surface area contributed by atoms with Crippen LogP contribution in [0, 0.1) is 0 Å². The molecule has 3 nitrogen and oxygen atoms in total. The van der Waals surface area contributed by atoms with Crippen molar-refractivity contribution in [3.8, 4) is 0 Å². The van der Waals surface area contributed by atoms with Crippen LogP contribution in [0.2, 0.25) is 10.0 Å². The van der Waals surface area contributed by atoms with Gasteiger partial charge in [-0.25, -0.2) is 4.98 Å². The number of aliphatic carboxylic acids is 1. The van der Waals surface area contributed by atoms with Crippen molar-refractivity contribution < 1.29 is 9.90 Å². The van der Waals surface area contributed by atoms with Crippen LogP contribution in [0.4, 0.5) is 0 Å². The van der Waals surface area contributed by atoms with Gasteiger partial charge in [-0.15, -0.1) is 23.1 Å². The van der Waals surface area contributed by atoms with Crippen LogP contribution in [0.15, 0.2) is 42.5 Å². The lowest BCUT2D eigenvalue weighted by molar-refractivity contribution is -0.301. The number of benzene rings is 2. The van der Waals surface area contributed by atoms with Crippen LogP contribution < -0.4 is 5.11 Å². The first-order valence-corrected chi connectivity index (χ1v) is 9.44. The molecule has 0 radical (unpaired) electrons. The number of hydrogen-bond donors (Lipinski definition) is 0. The second-order valence-corrected chi connectivity index (χ2v) is 7.71. The standard InChI is InChI=1S/C17H11Cl2NO2S2/c18-11-6-5-10(12(19)8-11)7-15(23-9-16(21)22)17-20-13-3-1-2-4-14(13)24-17/h1-8H,9H2,(H,21,22)/p-1/b15-7-. The third-order valence-corrected chi connectivity index (χ3v) is 5.86. The molecule has 0 fully saturated rings. The number of thiazole rings is 1. The zero-order chi connectivity index (χ0) is 17.1. The molecule has 7 heteroatoms. The predicted octanol–water partition coefficient (Wildman–Crippen LogP) is 4.58. The zero-order valence-corrected chi connectivity index (χ0v) is 15.3. The average molecular weight is 395 g/mol. The van der Waals surface area contributed by atoms with Crippen LogP contribution in [0.3, 0.4) is 0 Å². The number of halogens is 2. The van der Waals surface area contributed by atoms with Crippen LogP contribution in [0.1, 0.15) is 10.6 Å². The molecule has 0 aliphatic carbocycles. The molecule has 0 aliphatic rings. The van der Waals surface area contributed by atoms with Gasteiger partial charge < -0.3 is 9.90 Å². The lowest BCUT2D eigenvalue weighted by atomic mass is 10.2. The Morgan fingerprint density at radius 2 is 2.04 bits per heavy atom. The van der Waals surface area contributed by atoms with Crippen molar-refractivity contribution in [2.24, 2.45) is 0 Å². The van der Waals surface area contributed by atoms with Crippen molar-refractivity contribution in [3.05, 3.63) is 63.1 Å². The molecular formula is C17H10Cl2NO2S2-. The Hall–Kier alpha value is -1.53. The number of carboxylic acids is 1. The fourth-order valence-electron chi connectivity index (χ4n) is 2.04. The van der Waals surface area contributed by atoms with E-state index < -0.39 is 5.97 Å². The first kappa shape index (κ1) is 17.3. The molecule has 0 aliphatic heterocycles. The van der Waals surface area contributed by atoms with Crippen LogP contribution >= 0.6 is 46.3 Å². The van der Waals surface area contributed by atoms with E-state index in [4.69, 9.17) is 23.2 Å². The summed E-state index contributed by atoms with van der Waals surface area (Å²) in [6.45, 7) is 0. The van der Waals surface area contributed by atoms with E-state index in [1.54, 1.807) is 18.2 Å². The number of nitrogens with zero attached hydrogens (tertiary/aromatic N) is 1. The number of rotatable bonds is 5. The van der Waals surface area contributed by atoms with Gasteiger partial charge in [-0.1, -0.05) is 41.4 Å². The molecule has 0 saturated carbocycles. The summed E-state index contributed by atoms with van der Waals surface area (Å²) >= 11 is 14.8. The monoisotopic (exact) mass is 394 g/mol. The minimum absolute atomic E-state index is 0.160. The Morgan fingerprint density at radius 1 is 1.25 bits per heavy atom. The summed E-state index contributed by atoms with van der Waals surface area (Å²) in [5.74, 6) is -1.29. The van der Waals surface area contributed by atoms with Gasteiger partial charge in [0, 0.05) is 20.7 Å². The van der Waals surface area contributed by atoms with Gasteiger partial charge in [0.1, 0.15) is 5.01 Å². The third kappa shape index (κ3) is 4.11. The van der Waals surface area contributed by atoms with Gasteiger partial charge in [0.15, 0.2) is 0 Å². The van der Waals surface area contributed by atoms with Gasteiger partial charge in [-0.05, 0) is 35.9 Å². The molecule has 24 heavy (non-hydrogen) atoms. The number of carbonyl (C=O) groups excluding carboxylic acids is 1. The number of thioether (sulfide) groups is 1. The lowest BCUT2D eigenvalue weighted by Crippen LogP contribution is -2.24. The maximum Gasteiger partial charge on any atom is 0.131 e. The number of para-hydroxylation sites is 1.